The van der Waals surface area contributed by atoms with Crippen LogP contribution in [0.25, 0.3) is 0 Å². The summed E-state index contributed by atoms with van der Waals surface area (Å²) in [5.41, 5.74) is 1.03. The van der Waals surface area contributed by atoms with Gasteiger partial charge in [0.25, 0.3) is 0 Å². The molecule has 1 rings (SSSR count). The molecule has 0 heterocycles. The molecule has 1 N–H and O–H groups in total. The minimum absolute atomic E-state index is 0.443. The molecule has 0 fully saturated rings. The molecule has 0 spiro atoms. The molecule has 0 amide bonds. The lowest BCUT2D eigenvalue weighted by Crippen LogP contribution is -2.18. The van der Waals surface area contributed by atoms with Gasteiger partial charge in [0.1, 0.15) is 6.07 Å². The Balaban J connectivity index is 2.96. The molecule has 1 aromatic rings. The van der Waals surface area contributed by atoms with Crippen LogP contribution in [-0.2, 0) is 6.54 Å². The molecule has 4 heteroatoms. The first-order valence-electron chi connectivity index (χ1n) is 7.28. The molecule has 0 saturated heterocycles. The summed E-state index contributed by atoms with van der Waals surface area (Å²) in [5, 5.41) is 12.4. The summed E-state index contributed by atoms with van der Waals surface area (Å²) in [6, 6.07) is 8.00. The summed E-state index contributed by atoms with van der Waals surface area (Å²) >= 11 is 0. The molecule has 1 aromatic carbocycles. The van der Waals surface area contributed by atoms with Crippen molar-refractivity contribution in [2.45, 2.75) is 46.3 Å². The van der Waals surface area contributed by atoms with Crippen molar-refractivity contribution in [2.24, 2.45) is 0 Å². The van der Waals surface area contributed by atoms with Gasteiger partial charge in [-0.05, 0) is 32.4 Å². The molecular weight excluding hydrogens is 252 g/mol. The maximum Gasteiger partial charge on any atom is 0.184 e. The normalized spacial score (nSPS) is 11.7. The van der Waals surface area contributed by atoms with Crippen molar-refractivity contribution in [2.75, 3.05) is 13.2 Å². The number of nitriles is 1. The zero-order valence-corrected chi connectivity index (χ0v) is 12.6. The van der Waals surface area contributed by atoms with Crippen LogP contribution in [0.15, 0.2) is 18.2 Å². The minimum atomic E-state index is -0.443. The van der Waals surface area contributed by atoms with E-state index in [1.54, 1.807) is 0 Å². The van der Waals surface area contributed by atoms with Gasteiger partial charge in [0.05, 0.1) is 6.61 Å². The van der Waals surface area contributed by atoms with Crippen molar-refractivity contribution in [3.05, 3.63) is 23.8 Å². The molecule has 0 aliphatic heterocycles. The second kappa shape index (κ2) is 9.22. The highest BCUT2D eigenvalue weighted by molar-refractivity contribution is 5.47. The summed E-state index contributed by atoms with van der Waals surface area (Å²) in [5.74, 6) is 1.39. The highest BCUT2D eigenvalue weighted by Crippen LogP contribution is 2.32. The maximum absolute atomic E-state index is 9.08. The highest BCUT2D eigenvalue weighted by Gasteiger charge is 2.15. The van der Waals surface area contributed by atoms with Crippen LogP contribution < -0.4 is 14.8 Å². The van der Waals surface area contributed by atoms with Crippen molar-refractivity contribution in [3.8, 4) is 17.6 Å². The average Bonchev–Trinajstić information content (AvgIpc) is 2.47. The monoisotopic (exact) mass is 276 g/mol. The van der Waals surface area contributed by atoms with Gasteiger partial charge in [-0.15, -0.1) is 0 Å². The van der Waals surface area contributed by atoms with Crippen LogP contribution in [0, 0.1) is 11.3 Å². The second-order valence-electron chi connectivity index (χ2n) is 4.50. The topological polar surface area (TPSA) is 54.3 Å². The Morgan fingerprint density at radius 2 is 2.10 bits per heavy atom. The summed E-state index contributed by atoms with van der Waals surface area (Å²) in [7, 11) is 0. The van der Waals surface area contributed by atoms with Gasteiger partial charge in [-0.1, -0.05) is 26.0 Å². The highest BCUT2D eigenvalue weighted by atomic mass is 16.5. The fourth-order valence-corrected chi connectivity index (χ4v) is 1.85. The Kier molecular flexibility index (Phi) is 7.52. The number of benzene rings is 1. The van der Waals surface area contributed by atoms with Gasteiger partial charge >= 0.3 is 0 Å². The summed E-state index contributed by atoms with van der Waals surface area (Å²) in [6.07, 6.45) is 1.29. The van der Waals surface area contributed by atoms with Crippen LogP contribution in [0.1, 0.15) is 39.2 Å². The largest absolute Gasteiger partial charge is 0.490 e. The molecule has 0 aromatic heterocycles. The molecule has 4 nitrogen and oxygen atoms in total. The molecule has 1 atom stereocenters. The van der Waals surface area contributed by atoms with Crippen molar-refractivity contribution in [3.63, 3.8) is 0 Å². The number of hydrogen-bond donors (Lipinski definition) is 1. The van der Waals surface area contributed by atoms with E-state index in [1.165, 1.54) is 0 Å². The molecule has 0 aliphatic rings. The summed E-state index contributed by atoms with van der Waals surface area (Å²) in [4.78, 5) is 0. The minimum Gasteiger partial charge on any atom is -0.490 e. The van der Waals surface area contributed by atoms with E-state index in [1.807, 2.05) is 32.0 Å². The second-order valence-corrected chi connectivity index (χ2v) is 4.50. The van der Waals surface area contributed by atoms with E-state index < -0.39 is 6.10 Å². The van der Waals surface area contributed by atoms with Gasteiger partial charge in [-0.2, -0.15) is 5.26 Å². The number of ether oxygens (including phenoxy) is 2. The van der Waals surface area contributed by atoms with Crippen molar-refractivity contribution >= 4 is 0 Å². The Labute approximate surface area is 121 Å². The van der Waals surface area contributed by atoms with Gasteiger partial charge in [-0.3, -0.25) is 0 Å². The maximum atomic E-state index is 9.08. The first-order valence-corrected chi connectivity index (χ1v) is 7.28. The van der Waals surface area contributed by atoms with Gasteiger partial charge < -0.3 is 14.8 Å². The van der Waals surface area contributed by atoms with Crippen molar-refractivity contribution < 1.29 is 9.47 Å². The summed E-state index contributed by atoms with van der Waals surface area (Å²) in [6.45, 7) is 8.24. The average molecular weight is 276 g/mol. The lowest BCUT2D eigenvalue weighted by molar-refractivity contribution is 0.229. The number of nitrogens with one attached hydrogen (secondary N) is 1. The van der Waals surface area contributed by atoms with E-state index in [-0.39, 0.29) is 0 Å². The molecule has 0 aliphatic carbocycles. The van der Waals surface area contributed by atoms with E-state index in [4.69, 9.17) is 14.7 Å². The predicted octanol–water partition coefficient (Wildman–Crippen LogP) is 3.27. The third-order valence-corrected chi connectivity index (χ3v) is 2.88. The van der Waals surface area contributed by atoms with Gasteiger partial charge in [0, 0.05) is 12.1 Å². The SMILES string of the molecule is CCCNCc1cccc(OCC)c1OC(C#N)CC. The van der Waals surface area contributed by atoms with Crippen LogP contribution in [0.5, 0.6) is 11.5 Å². The van der Waals surface area contributed by atoms with Crippen LogP contribution in [0.4, 0.5) is 0 Å². The van der Waals surface area contributed by atoms with E-state index in [0.29, 0.717) is 31.1 Å². The number of para-hydroxylation sites is 1. The molecule has 1 unspecified atom stereocenters. The fraction of sp³-hybridized carbons (Fsp3) is 0.562. The van der Waals surface area contributed by atoms with E-state index >= 15 is 0 Å². The first kappa shape index (κ1) is 16.3. The summed E-state index contributed by atoms with van der Waals surface area (Å²) < 4.78 is 11.4. The van der Waals surface area contributed by atoms with Gasteiger partial charge in [0.2, 0.25) is 0 Å². The number of nitrogens with zero attached hydrogens (tertiary/aromatic N) is 1. The first-order chi connectivity index (χ1) is 9.76. The molecule has 0 bridgehead atoms. The van der Waals surface area contributed by atoms with E-state index in [9.17, 15) is 0 Å². The molecule has 20 heavy (non-hydrogen) atoms. The van der Waals surface area contributed by atoms with E-state index in [2.05, 4.69) is 18.3 Å². The third-order valence-electron chi connectivity index (χ3n) is 2.88. The number of hydrogen-bond acceptors (Lipinski definition) is 4. The van der Waals surface area contributed by atoms with Gasteiger partial charge in [0.15, 0.2) is 17.6 Å². The zero-order chi connectivity index (χ0) is 14.8. The van der Waals surface area contributed by atoms with Crippen LogP contribution in [0.2, 0.25) is 0 Å². The molecule has 0 radical (unpaired) electrons. The molecular formula is C16H24N2O2. The molecule has 110 valence electrons. The fourth-order valence-electron chi connectivity index (χ4n) is 1.85. The van der Waals surface area contributed by atoms with E-state index in [0.717, 1.165) is 18.5 Å². The Morgan fingerprint density at radius 1 is 1.30 bits per heavy atom. The standard InChI is InChI=1S/C16H24N2O2/c1-4-10-18-12-13-8-7-9-15(19-6-3)16(13)20-14(5-2)11-17/h7-9,14,18H,4-6,10,12H2,1-3H3. The quantitative estimate of drug-likeness (QED) is 0.703. The van der Waals surface area contributed by atoms with Crippen LogP contribution in [-0.4, -0.2) is 19.3 Å². The third kappa shape index (κ3) is 4.75. The molecule has 0 saturated carbocycles. The Morgan fingerprint density at radius 3 is 2.70 bits per heavy atom. The smallest absolute Gasteiger partial charge is 0.184 e. The zero-order valence-electron chi connectivity index (χ0n) is 12.6. The lowest BCUT2D eigenvalue weighted by atomic mass is 10.1. The van der Waals surface area contributed by atoms with Crippen LogP contribution in [0.3, 0.4) is 0 Å². The Bertz CT molecular complexity index is 441. The predicted molar refractivity (Wildman–Crippen MR) is 79.9 cm³/mol. The number of rotatable bonds is 9. The van der Waals surface area contributed by atoms with Gasteiger partial charge in [-0.25, -0.2) is 0 Å². The van der Waals surface area contributed by atoms with Crippen molar-refractivity contribution in [1.82, 2.24) is 5.32 Å². The Hall–Kier alpha value is -1.73. The van der Waals surface area contributed by atoms with Crippen molar-refractivity contribution in [1.29, 1.82) is 5.26 Å². The van der Waals surface area contributed by atoms with Crippen LogP contribution >= 0.6 is 0 Å². The lowest BCUT2D eigenvalue weighted by Gasteiger charge is -2.18.